The summed E-state index contributed by atoms with van der Waals surface area (Å²) in [6.45, 7) is 0. The summed E-state index contributed by atoms with van der Waals surface area (Å²) in [4.78, 5) is 29.2. The number of benzene rings is 2. The van der Waals surface area contributed by atoms with Gasteiger partial charge >= 0.3 is 0 Å². The zero-order valence-corrected chi connectivity index (χ0v) is 13.5. The number of nitrogens with zero attached hydrogens (tertiary/aromatic N) is 2. The van der Waals surface area contributed by atoms with Crippen molar-refractivity contribution in [2.75, 3.05) is 17.7 Å². The normalized spacial score (nSPS) is 16.2. The molecule has 0 unspecified atom stereocenters. The summed E-state index contributed by atoms with van der Waals surface area (Å²) >= 11 is 0. The summed E-state index contributed by atoms with van der Waals surface area (Å²) in [5.41, 5.74) is 2.19. The number of hydrogen-bond donors (Lipinski definition) is 2. The molecule has 1 aliphatic rings. The monoisotopic (exact) mass is 336 g/mol. The molecule has 4 rings (SSSR count). The van der Waals surface area contributed by atoms with Gasteiger partial charge < -0.3 is 10.1 Å². The lowest BCUT2D eigenvalue weighted by atomic mass is 10.1. The van der Waals surface area contributed by atoms with Gasteiger partial charge in [0.1, 0.15) is 11.8 Å². The number of hydrogen-bond acceptors (Lipinski definition) is 4. The molecule has 1 atom stereocenters. The topological polar surface area (TPSA) is 85.2 Å². The zero-order chi connectivity index (χ0) is 17.4. The highest BCUT2D eigenvalue weighted by atomic mass is 16.5. The van der Waals surface area contributed by atoms with Crippen molar-refractivity contribution in [3.8, 4) is 5.75 Å². The number of para-hydroxylation sites is 2. The molecule has 2 N–H and O–H groups in total. The number of imidazole rings is 1. The van der Waals surface area contributed by atoms with E-state index in [1.807, 2.05) is 24.3 Å². The van der Waals surface area contributed by atoms with Crippen molar-refractivity contribution in [2.24, 2.45) is 0 Å². The van der Waals surface area contributed by atoms with Crippen LogP contribution in [0.4, 0.5) is 11.6 Å². The molecule has 0 bridgehead atoms. The third-order valence-corrected chi connectivity index (χ3v) is 4.20. The summed E-state index contributed by atoms with van der Waals surface area (Å²) in [5.74, 6) is 0.618. The SMILES string of the molecule is COc1ccc(NC(=O)[C@H]2CC(=O)Nc3nc4ccccc4n32)cc1. The fraction of sp³-hybridized carbons (Fsp3) is 0.167. The van der Waals surface area contributed by atoms with E-state index in [2.05, 4.69) is 15.6 Å². The van der Waals surface area contributed by atoms with Gasteiger partial charge in [-0.25, -0.2) is 4.98 Å². The first kappa shape index (κ1) is 15.2. The van der Waals surface area contributed by atoms with E-state index in [-0.39, 0.29) is 18.2 Å². The Bertz CT molecular complexity index is 962. The maximum atomic E-state index is 12.8. The van der Waals surface area contributed by atoms with Crippen LogP contribution in [0.3, 0.4) is 0 Å². The maximum Gasteiger partial charge on any atom is 0.248 e. The van der Waals surface area contributed by atoms with E-state index >= 15 is 0 Å². The lowest BCUT2D eigenvalue weighted by Crippen LogP contribution is -2.35. The van der Waals surface area contributed by atoms with Gasteiger partial charge in [0.05, 0.1) is 24.6 Å². The highest BCUT2D eigenvalue weighted by Crippen LogP contribution is 2.31. The molecule has 0 fully saturated rings. The second-order valence-corrected chi connectivity index (χ2v) is 5.78. The van der Waals surface area contributed by atoms with Gasteiger partial charge in [-0.2, -0.15) is 0 Å². The van der Waals surface area contributed by atoms with E-state index in [1.165, 1.54) is 0 Å². The molecule has 7 heteroatoms. The van der Waals surface area contributed by atoms with Gasteiger partial charge in [-0.15, -0.1) is 0 Å². The Morgan fingerprint density at radius 3 is 2.76 bits per heavy atom. The number of methoxy groups -OCH3 is 1. The Balaban J connectivity index is 1.68. The maximum absolute atomic E-state index is 12.8. The van der Waals surface area contributed by atoms with Gasteiger partial charge in [0, 0.05) is 5.69 Å². The molecule has 1 aliphatic heterocycles. The molecule has 0 radical (unpaired) electrons. The van der Waals surface area contributed by atoms with E-state index in [9.17, 15) is 9.59 Å². The summed E-state index contributed by atoms with van der Waals surface area (Å²) < 4.78 is 6.88. The van der Waals surface area contributed by atoms with E-state index in [0.29, 0.717) is 17.4 Å². The van der Waals surface area contributed by atoms with Crippen molar-refractivity contribution in [3.05, 3.63) is 48.5 Å². The average molecular weight is 336 g/mol. The summed E-state index contributed by atoms with van der Waals surface area (Å²) in [6.07, 6.45) is 0.0648. The minimum Gasteiger partial charge on any atom is -0.497 e. The lowest BCUT2D eigenvalue weighted by Gasteiger charge is -2.25. The predicted molar refractivity (Wildman–Crippen MR) is 93.6 cm³/mol. The van der Waals surface area contributed by atoms with Gasteiger partial charge in [0.25, 0.3) is 0 Å². The largest absolute Gasteiger partial charge is 0.497 e. The zero-order valence-electron chi connectivity index (χ0n) is 13.5. The number of ether oxygens (including phenoxy) is 1. The molecule has 0 aliphatic carbocycles. The molecule has 0 saturated heterocycles. The standard InChI is InChI=1S/C18H16N4O3/c1-25-12-8-6-11(7-9-12)19-17(24)15-10-16(23)21-18-20-13-4-2-3-5-14(13)22(15)18/h2-9,15H,10H2,1H3,(H,19,24)(H,20,21,23)/t15-/m1/s1. The highest BCUT2D eigenvalue weighted by Gasteiger charge is 2.32. The van der Waals surface area contributed by atoms with Crippen molar-refractivity contribution in [2.45, 2.75) is 12.5 Å². The van der Waals surface area contributed by atoms with E-state index < -0.39 is 6.04 Å². The molecule has 3 aromatic rings. The van der Waals surface area contributed by atoms with Gasteiger partial charge in [0.15, 0.2) is 0 Å². The van der Waals surface area contributed by atoms with Crippen LogP contribution in [0.15, 0.2) is 48.5 Å². The van der Waals surface area contributed by atoms with Crippen molar-refractivity contribution in [3.63, 3.8) is 0 Å². The van der Waals surface area contributed by atoms with Crippen LogP contribution in [0, 0.1) is 0 Å². The molecular formula is C18H16N4O3. The van der Waals surface area contributed by atoms with Gasteiger partial charge in [-0.05, 0) is 36.4 Å². The lowest BCUT2D eigenvalue weighted by molar-refractivity contribution is -0.124. The molecule has 25 heavy (non-hydrogen) atoms. The minimum absolute atomic E-state index is 0.0648. The second-order valence-electron chi connectivity index (χ2n) is 5.78. The summed E-state index contributed by atoms with van der Waals surface area (Å²) in [6, 6.07) is 13.9. The van der Waals surface area contributed by atoms with Crippen LogP contribution in [-0.4, -0.2) is 28.5 Å². The smallest absolute Gasteiger partial charge is 0.248 e. The average Bonchev–Trinajstić information content (AvgIpc) is 2.99. The number of nitrogens with one attached hydrogen (secondary N) is 2. The third-order valence-electron chi connectivity index (χ3n) is 4.20. The first-order valence-corrected chi connectivity index (χ1v) is 7.87. The fourth-order valence-electron chi connectivity index (χ4n) is 3.00. The van der Waals surface area contributed by atoms with Crippen molar-refractivity contribution in [1.82, 2.24) is 9.55 Å². The molecule has 0 spiro atoms. The van der Waals surface area contributed by atoms with Gasteiger partial charge in [-0.3, -0.25) is 19.5 Å². The second kappa shape index (κ2) is 5.94. The van der Waals surface area contributed by atoms with Crippen LogP contribution in [0.5, 0.6) is 5.75 Å². The minimum atomic E-state index is -0.654. The van der Waals surface area contributed by atoms with Crippen molar-refractivity contribution < 1.29 is 14.3 Å². The van der Waals surface area contributed by atoms with Crippen LogP contribution in [0.2, 0.25) is 0 Å². The Kier molecular flexibility index (Phi) is 3.61. The van der Waals surface area contributed by atoms with Crippen molar-refractivity contribution in [1.29, 1.82) is 0 Å². The Labute approximate surface area is 143 Å². The predicted octanol–water partition coefficient (Wildman–Crippen LogP) is 2.57. The number of amides is 2. The Hall–Kier alpha value is -3.35. The van der Waals surface area contributed by atoms with E-state index in [1.54, 1.807) is 35.9 Å². The molecule has 2 amide bonds. The molecule has 1 aromatic heterocycles. The quantitative estimate of drug-likeness (QED) is 0.770. The molecule has 7 nitrogen and oxygen atoms in total. The first-order valence-electron chi connectivity index (χ1n) is 7.87. The van der Waals surface area contributed by atoms with Gasteiger partial charge in [-0.1, -0.05) is 12.1 Å². The van der Waals surface area contributed by atoms with Crippen molar-refractivity contribution >= 4 is 34.5 Å². The Morgan fingerprint density at radius 2 is 2.00 bits per heavy atom. The summed E-state index contributed by atoms with van der Waals surface area (Å²) in [7, 11) is 1.58. The molecule has 2 heterocycles. The van der Waals surface area contributed by atoms with Crippen LogP contribution < -0.4 is 15.4 Å². The van der Waals surface area contributed by atoms with Crippen LogP contribution in [0.1, 0.15) is 12.5 Å². The van der Waals surface area contributed by atoms with Crippen LogP contribution in [0.25, 0.3) is 11.0 Å². The fourth-order valence-corrected chi connectivity index (χ4v) is 3.00. The molecule has 2 aromatic carbocycles. The highest BCUT2D eigenvalue weighted by molar-refractivity contribution is 6.02. The van der Waals surface area contributed by atoms with Gasteiger partial charge in [0.2, 0.25) is 17.8 Å². The Morgan fingerprint density at radius 1 is 1.24 bits per heavy atom. The number of carbonyl (C=O) groups is 2. The van der Waals surface area contributed by atoms with E-state index in [4.69, 9.17) is 4.74 Å². The van der Waals surface area contributed by atoms with Crippen LogP contribution in [-0.2, 0) is 9.59 Å². The number of anilines is 2. The van der Waals surface area contributed by atoms with Crippen LogP contribution >= 0.6 is 0 Å². The molecular weight excluding hydrogens is 320 g/mol. The third kappa shape index (κ3) is 2.69. The number of carbonyl (C=O) groups excluding carboxylic acids is 2. The number of aromatic nitrogens is 2. The van der Waals surface area contributed by atoms with E-state index in [0.717, 1.165) is 11.0 Å². The summed E-state index contributed by atoms with van der Waals surface area (Å²) in [5, 5.41) is 5.59. The first-order chi connectivity index (χ1) is 12.2. The number of rotatable bonds is 3. The number of fused-ring (bicyclic) bond motifs is 3. The molecule has 0 saturated carbocycles. The molecule has 126 valence electrons.